The van der Waals surface area contributed by atoms with Crippen LogP contribution >= 0.6 is 0 Å². The van der Waals surface area contributed by atoms with Gasteiger partial charge in [0.05, 0.1) is 11.6 Å². The Morgan fingerprint density at radius 2 is 1.81 bits per heavy atom. The Hall–Kier alpha value is -3.25. The predicted octanol–water partition coefficient (Wildman–Crippen LogP) is 3.79. The molecule has 1 amide bonds. The Kier molecular flexibility index (Phi) is 7.73. The van der Waals surface area contributed by atoms with Gasteiger partial charge >= 0.3 is 0 Å². The number of aliphatic hydroxyl groups is 1. The van der Waals surface area contributed by atoms with E-state index >= 15 is 0 Å². The lowest BCUT2D eigenvalue weighted by atomic mass is 9.96. The lowest BCUT2D eigenvalue weighted by Gasteiger charge is -2.27. The highest BCUT2D eigenvalue weighted by molar-refractivity contribution is 6.14. The van der Waals surface area contributed by atoms with Gasteiger partial charge in [0.15, 0.2) is 11.5 Å². The SMILES string of the molecule is CCN(CC)CCCN1C(=O)C(O)=C(C(=O)/C=C/c2ccccc2)C1c1ccncc1. The predicted molar refractivity (Wildman–Crippen MR) is 121 cm³/mol. The monoisotopic (exact) mass is 419 g/mol. The first-order chi connectivity index (χ1) is 15.1. The van der Waals surface area contributed by atoms with Crippen LogP contribution in [0, 0.1) is 0 Å². The van der Waals surface area contributed by atoms with E-state index in [0.29, 0.717) is 6.54 Å². The highest BCUT2D eigenvalue weighted by Gasteiger charge is 2.42. The molecule has 0 radical (unpaired) electrons. The van der Waals surface area contributed by atoms with E-state index in [2.05, 4.69) is 23.7 Å². The summed E-state index contributed by atoms with van der Waals surface area (Å²) in [5.41, 5.74) is 1.75. The third-order valence-electron chi connectivity index (χ3n) is 5.59. The molecule has 0 fully saturated rings. The summed E-state index contributed by atoms with van der Waals surface area (Å²) in [4.78, 5) is 33.9. The molecule has 2 heterocycles. The Balaban J connectivity index is 1.86. The second kappa shape index (κ2) is 10.7. The quantitative estimate of drug-likeness (QED) is 0.593. The number of ketones is 1. The molecular weight excluding hydrogens is 390 g/mol. The first-order valence-electron chi connectivity index (χ1n) is 10.7. The normalized spacial score (nSPS) is 16.7. The minimum Gasteiger partial charge on any atom is -0.503 e. The van der Waals surface area contributed by atoms with Gasteiger partial charge in [0.2, 0.25) is 0 Å². The van der Waals surface area contributed by atoms with Crippen molar-refractivity contribution in [2.45, 2.75) is 26.3 Å². The highest BCUT2D eigenvalue weighted by Crippen LogP contribution is 2.37. The van der Waals surface area contributed by atoms with E-state index in [1.54, 1.807) is 35.5 Å². The van der Waals surface area contributed by atoms with Crippen molar-refractivity contribution in [1.29, 1.82) is 0 Å². The fourth-order valence-electron chi connectivity index (χ4n) is 3.86. The van der Waals surface area contributed by atoms with Gasteiger partial charge in [-0.1, -0.05) is 50.3 Å². The molecule has 0 spiro atoms. The van der Waals surface area contributed by atoms with E-state index in [1.807, 2.05) is 30.3 Å². The van der Waals surface area contributed by atoms with Crippen LogP contribution in [0.5, 0.6) is 0 Å². The van der Waals surface area contributed by atoms with E-state index in [-0.39, 0.29) is 11.4 Å². The smallest absolute Gasteiger partial charge is 0.290 e. The first kappa shape index (κ1) is 22.4. The molecule has 1 aromatic carbocycles. The average molecular weight is 420 g/mol. The van der Waals surface area contributed by atoms with Gasteiger partial charge in [-0.2, -0.15) is 0 Å². The molecule has 0 saturated heterocycles. The maximum Gasteiger partial charge on any atom is 0.290 e. The van der Waals surface area contributed by atoms with Crippen LogP contribution < -0.4 is 0 Å². The lowest BCUT2D eigenvalue weighted by Crippen LogP contribution is -2.34. The molecule has 1 N–H and O–H groups in total. The molecule has 31 heavy (non-hydrogen) atoms. The second-order valence-electron chi connectivity index (χ2n) is 7.43. The van der Waals surface area contributed by atoms with E-state index in [1.165, 1.54) is 6.08 Å². The van der Waals surface area contributed by atoms with Crippen LogP contribution in [-0.2, 0) is 9.59 Å². The number of allylic oxidation sites excluding steroid dienone is 1. The van der Waals surface area contributed by atoms with Gasteiger partial charge < -0.3 is 14.9 Å². The number of carbonyl (C=O) groups excluding carboxylic acids is 2. The molecular formula is C25H29N3O3. The Labute approximate surface area is 183 Å². The van der Waals surface area contributed by atoms with Gasteiger partial charge in [0.25, 0.3) is 5.91 Å². The van der Waals surface area contributed by atoms with Crippen LogP contribution in [0.2, 0.25) is 0 Å². The number of hydrogen-bond acceptors (Lipinski definition) is 5. The number of aliphatic hydroxyl groups excluding tert-OH is 1. The third kappa shape index (κ3) is 5.27. The van der Waals surface area contributed by atoms with Crippen LogP contribution in [0.4, 0.5) is 0 Å². The molecule has 0 aliphatic carbocycles. The van der Waals surface area contributed by atoms with Crippen LogP contribution in [0.25, 0.3) is 6.08 Å². The van der Waals surface area contributed by atoms with Crippen molar-refractivity contribution in [2.75, 3.05) is 26.2 Å². The minimum absolute atomic E-state index is 0.117. The minimum atomic E-state index is -0.625. The van der Waals surface area contributed by atoms with Gasteiger partial charge in [-0.15, -0.1) is 0 Å². The van der Waals surface area contributed by atoms with Gasteiger partial charge in [-0.05, 0) is 55.4 Å². The summed E-state index contributed by atoms with van der Waals surface area (Å²) in [7, 11) is 0. The van der Waals surface area contributed by atoms with E-state index in [0.717, 1.165) is 37.2 Å². The number of benzene rings is 1. The number of nitrogens with zero attached hydrogens (tertiary/aromatic N) is 3. The standard InChI is InChI=1S/C25H29N3O3/c1-3-27(4-2)17-8-18-28-23(20-13-15-26-16-14-20)22(24(30)25(28)31)21(29)12-11-19-9-6-5-7-10-19/h5-7,9-16,23,30H,3-4,8,17-18H2,1-2H3/b12-11+. The first-order valence-corrected chi connectivity index (χ1v) is 10.7. The summed E-state index contributed by atoms with van der Waals surface area (Å²) in [5, 5.41) is 10.6. The van der Waals surface area contributed by atoms with Crippen LogP contribution in [0.15, 0.2) is 72.3 Å². The average Bonchev–Trinajstić information content (AvgIpc) is 3.06. The Morgan fingerprint density at radius 3 is 2.45 bits per heavy atom. The third-order valence-corrected chi connectivity index (χ3v) is 5.59. The molecule has 1 aromatic heterocycles. The molecule has 1 unspecified atom stereocenters. The van der Waals surface area contributed by atoms with Gasteiger partial charge in [-0.3, -0.25) is 14.6 Å². The van der Waals surface area contributed by atoms with E-state index in [4.69, 9.17) is 0 Å². The number of pyridine rings is 1. The number of aromatic nitrogens is 1. The van der Waals surface area contributed by atoms with Crippen molar-refractivity contribution in [1.82, 2.24) is 14.8 Å². The van der Waals surface area contributed by atoms with Gasteiger partial charge in [0.1, 0.15) is 0 Å². The van der Waals surface area contributed by atoms with Crippen molar-refractivity contribution in [3.63, 3.8) is 0 Å². The molecule has 162 valence electrons. The van der Waals surface area contributed by atoms with E-state index < -0.39 is 17.7 Å². The van der Waals surface area contributed by atoms with Crippen LogP contribution in [0.3, 0.4) is 0 Å². The van der Waals surface area contributed by atoms with Gasteiger partial charge in [0, 0.05) is 18.9 Å². The molecule has 0 saturated carbocycles. The van der Waals surface area contributed by atoms with Gasteiger partial charge in [-0.25, -0.2) is 0 Å². The van der Waals surface area contributed by atoms with Crippen molar-refractivity contribution in [2.24, 2.45) is 0 Å². The van der Waals surface area contributed by atoms with Crippen LogP contribution in [0.1, 0.15) is 37.4 Å². The number of amides is 1. The fraction of sp³-hybridized carbons (Fsp3) is 0.320. The number of hydrogen-bond donors (Lipinski definition) is 1. The Bertz CT molecular complexity index is 950. The summed E-state index contributed by atoms with van der Waals surface area (Å²) in [6, 6.07) is 12.4. The number of rotatable bonds is 10. The molecule has 1 aliphatic rings. The summed E-state index contributed by atoms with van der Waals surface area (Å²) in [5.74, 6) is -1.34. The van der Waals surface area contributed by atoms with Crippen LogP contribution in [-0.4, -0.2) is 57.8 Å². The lowest BCUT2D eigenvalue weighted by molar-refractivity contribution is -0.129. The summed E-state index contributed by atoms with van der Waals surface area (Å²) in [6.45, 7) is 7.38. The van der Waals surface area contributed by atoms with Crippen molar-refractivity contribution in [3.8, 4) is 0 Å². The fourth-order valence-corrected chi connectivity index (χ4v) is 3.86. The maximum absolute atomic E-state index is 13.1. The zero-order valence-corrected chi connectivity index (χ0v) is 18.1. The van der Waals surface area contributed by atoms with Crippen molar-refractivity contribution >= 4 is 17.8 Å². The topological polar surface area (TPSA) is 73.7 Å². The molecule has 6 heteroatoms. The van der Waals surface area contributed by atoms with Crippen molar-refractivity contribution < 1.29 is 14.7 Å². The molecule has 1 atom stereocenters. The zero-order chi connectivity index (χ0) is 22.2. The molecule has 1 aliphatic heterocycles. The maximum atomic E-state index is 13.1. The largest absolute Gasteiger partial charge is 0.503 e. The summed E-state index contributed by atoms with van der Waals surface area (Å²) >= 11 is 0. The Morgan fingerprint density at radius 1 is 1.13 bits per heavy atom. The zero-order valence-electron chi connectivity index (χ0n) is 18.1. The molecule has 6 nitrogen and oxygen atoms in total. The van der Waals surface area contributed by atoms with E-state index in [9.17, 15) is 14.7 Å². The summed E-state index contributed by atoms with van der Waals surface area (Å²) < 4.78 is 0. The molecule has 3 rings (SSSR count). The highest BCUT2D eigenvalue weighted by atomic mass is 16.3. The number of carbonyl (C=O) groups is 2. The second-order valence-corrected chi connectivity index (χ2v) is 7.43. The molecule has 0 bridgehead atoms. The molecule has 2 aromatic rings. The summed E-state index contributed by atoms with van der Waals surface area (Å²) in [6.07, 6.45) is 7.13. The van der Waals surface area contributed by atoms with Crippen molar-refractivity contribution in [3.05, 3.63) is 83.4 Å².